The molecule has 2 aromatic carbocycles. The first-order chi connectivity index (χ1) is 13.7. The van der Waals surface area contributed by atoms with Gasteiger partial charge in [-0.05, 0) is 68.0 Å². The molecule has 1 saturated carbocycles. The summed E-state index contributed by atoms with van der Waals surface area (Å²) in [6.07, 6.45) is 4.71. The van der Waals surface area contributed by atoms with Gasteiger partial charge in [0.15, 0.2) is 5.82 Å². The lowest BCUT2D eigenvalue weighted by Gasteiger charge is -2.25. The summed E-state index contributed by atoms with van der Waals surface area (Å²) in [5.41, 5.74) is 2.66. The highest BCUT2D eigenvalue weighted by Crippen LogP contribution is 2.43. The number of hydrogen-bond donors (Lipinski definition) is 3. The average molecular weight is 439 g/mol. The van der Waals surface area contributed by atoms with Gasteiger partial charge >= 0.3 is 0 Å². The van der Waals surface area contributed by atoms with E-state index in [1.807, 2.05) is 24.3 Å². The smallest absolute Gasteiger partial charge is 0.156 e. The van der Waals surface area contributed by atoms with Crippen LogP contribution in [0.5, 0.6) is 5.75 Å². The van der Waals surface area contributed by atoms with Crippen molar-refractivity contribution in [2.24, 2.45) is 0 Å². The fourth-order valence-electron chi connectivity index (χ4n) is 4.02. The van der Waals surface area contributed by atoms with Crippen LogP contribution in [0.2, 0.25) is 0 Å². The van der Waals surface area contributed by atoms with Gasteiger partial charge < -0.3 is 15.7 Å². The van der Waals surface area contributed by atoms with E-state index in [1.165, 1.54) is 18.4 Å². The zero-order valence-corrected chi connectivity index (χ0v) is 17.2. The number of phenols is 1. The van der Waals surface area contributed by atoms with E-state index in [2.05, 4.69) is 48.9 Å². The molecule has 3 N–H and O–H groups in total. The predicted octanol–water partition coefficient (Wildman–Crippen LogP) is 4.81. The molecule has 5 rings (SSSR count). The molecule has 0 radical (unpaired) electrons. The molecule has 3 aromatic rings. The molecule has 0 spiro atoms. The van der Waals surface area contributed by atoms with Crippen LogP contribution in [-0.2, 0) is 0 Å². The largest absolute Gasteiger partial charge is 0.507 e. The number of piperidine rings is 1. The summed E-state index contributed by atoms with van der Waals surface area (Å²) in [5, 5.41) is 28.7. The zero-order chi connectivity index (χ0) is 19.1. The summed E-state index contributed by atoms with van der Waals surface area (Å²) in [6.45, 7) is 2.01. The average Bonchev–Trinajstić information content (AvgIpc) is 3.55. The number of nitrogens with zero attached hydrogens (tertiary/aromatic N) is 2. The highest BCUT2D eigenvalue weighted by atomic mass is 79.9. The lowest BCUT2D eigenvalue weighted by atomic mass is 10.0. The van der Waals surface area contributed by atoms with E-state index in [1.54, 1.807) is 0 Å². The van der Waals surface area contributed by atoms with Gasteiger partial charge in [-0.25, -0.2) is 0 Å². The van der Waals surface area contributed by atoms with Gasteiger partial charge in [-0.2, -0.15) is 0 Å². The number of fused-ring (bicyclic) bond motifs is 1. The van der Waals surface area contributed by atoms with Crippen LogP contribution in [0.4, 0.5) is 5.82 Å². The van der Waals surface area contributed by atoms with Crippen LogP contribution in [0.3, 0.4) is 0 Å². The Kier molecular flexibility index (Phi) is 4.69. The Morgan fingerprint density at radius 2 is 1.93 bits per heavy atom. The molecule has 2 fully saturated rings. The highest BCUT2D eigenvalue weighted by molar-refractivity contribution is 9.10. The van der Waals surface area contributed by atoms with Crippen molar-refractivity contribution < 1.29 is 5.11 Å². The van der Waals surface area contributed by atoms with Gasteiger partial charge in [-0.15, -0.1) is 10.2 Å². The molecule has 1 atom stereocenters. The minimum Gasteiger partial charge on any atom is -0.507 e. The second-order valence-corrected chi connectivity index (χ2v) is 8.74. The van der Waals surface area contributed by atoms with Crippen molar-refractivity contribution in [2.75, 3.05) is 18.4 Å². The van der Waals surface area contributed by atoms with E-state index in [0.29, 0.717) is 12.0 Å². The summed E-state index contributed by atoms with van der Waals surface area (Å²) < 4.78 is 0.997. The number of aromatic hydroxyl groups is 1. The summed E-state index contributed by atoms with van der Waals surface area (Å²) in [6, 6.07) is 12.5. The van der Waals surface area contributed by atoms with Crippen LogP contribution >= 0.6 is 15.9 Å². The normalized spacial score (nSPS) is 19.7. The van der Waals surface area contributed by atoms with Gasteiger partial charge in [0.25, 0.3) is 0 Å². The molecule has 1 aliphatic heterocycles. The molecular weight excluding hydrogens is 416 g/mol. The van der Waals surface area contributed by atoms with Crippen LogP contribution in [0.25, 0.3) is 22.0 Å². The molecule has 1 saturated heterocycles. The zero-order valence-electron chi connectivity index (χ0n) is 15.6. The van der Waals surface area contributed by atoms with Crippen molar-refractivity contribution in [3.05, 3.63) is 46.4 Å². The molecule has 0 unspecified atom stereocenters. The monoisotopic (exact) mass is 438 g/mol. The number of halogens is 1. The SMILES string of the molecule is Oc1cc(C2CC2)ccc1-c1nnc(N[C@@H]2CCCNC2)c2cc(Br)ccc12. The number of anilines is 1. The van der Waals surface area contributed by atoms with Crippen LogP contribution in [-0.4, -0.2) is 34.4 Å². The Bertz CT molecular complexity index is 1030. The summed E-state index contributed by atoms with van der Waals surface area (Å²) in [7, 11) is 0. The maximum Gasteiger partial charge on any atom is 0.156 e. The third-order valence-corrected chi connectivity index (χ3v) is 6.20. The third-order valence-electron chi connectivity index (χ3n) is 5.71. The van der Waals surface area contributed by atoms with Gasteiger partial charge in [0.2, 0.25) is 0 Å². The number of aromatic nitrogens is 2. The molecule has 6 heteroatoms. The van der Waals surface area contributed by atoms with Crippen LogP contribution in [0.1, 0.15) is 37.2 Å². The molecule has 28 heavy (non-hydrogen) atoms. The predicted molar refractivity (Wildman–Crippen MR) is 116 cm³/mol. The Morgan fingerprint density at radius 3 is 2.68 bits per heavy atom. The molecule has 0 bridgehead atoms. The van der Waals surface area contributed by atoms with Crippen molar-refractivity contribution in [3.8, 4) is 17.0 Å². The molecule has 144 valence electrons. The summed E-state index contributed by atoms with van der Waals surface area (Å²) in [5.74, 6) is 1.68. The first-order valence-corrected chi connectivity index (χ1v) is 10.7. The Morgan fingerprint density at radius 1 is 1.04 bits per heavy atom. The van der Waals surface area contributed by atoms with Gasteiger partial charge in [0, 0.05) is 33.4 Å². The highest BCUT2D eigenvalue weighted by Gasteiger charge is 2.25. The molecule has 5 nitrogen and oxygen atoms in total. The second kappa shape index (κ2) is 7.33. The number of hydrogen-bond acceptors (Lipinski definition) is 5. The Balaban J connectivity index is 1.57. The van der Waals surface area contributed by atoms with E-state index in [9.17, 15) is 5.11 Å². The summed E-state index contributed by atoms with van der Waals surface area (Å²) in [4.78, 5) is 0. The first-order valence-electron chi connectivity index (χ1n) is 9.95. The molecule has 1 aromatic heterocycles. The maximum atomic E-state index is 10.7. The number of benzene rings is 2. The standard InChI is InChI=1S/C22H23BrN4O/c23-15-6-8-17-19(11-15)22(25-16-2-1-9-24-12-16)27-26-21(17)18-7-5-14(10-20(18)28)13-3-4-13/h5-8,10-11,13,16,24,28H,1-4,9,12H2,(H,25,27)/t16-/m1/s1. The fourth-order valence-corrected chi connectivity index (χ4v) is 4.38. The van der Waals surface area contributed by atoms with E-state index >= 15 is 0 Å². The van der Waals surface area contributed by atoms with Gasteiger partial charge in [-0.1, -0.05) is 28.1 Å². The first kappa shape index (κ1) is 17.9. The molecular formula is C22H23BrN4O. The Hall–Kier alpha value is -2.18. The fraction of sp³-hybridized carbons (Fsp3) is 0.364. The van der Waals surface area contributed by atoms with E-state index < -0.39 is 0 Å². The van der Waals surface area contributed by atoms with Gasteiger partial charge in [0.05, 0.1) is 0 Å². The van der Waals surface area contributed by atoms with Crippen LogP contribution < -0.4 is 10.6 Å². The van der Waals surface area contributed by atoms with Crippen molar-refractivity contribution in [2.45, 2.75) is 37.6 Å². The molecule has 2 aliphatic rings. The number of phenolic OH excluding ortho intramolecular Hbond substituents is 1. The van der Waals surface area contributed by atoms with Crippen molar-refractivity contribution in [3.63, 3.8) is 0 Å². The van der Waals surface area contributed by atoms with E-state index in [0.717, 1.165) is 58.3 Å². The van der Waals surface area contributed by atoms with E-state index in [-0.39, 0.29) is 5.75 Å². The van der Waals surface area contributed by atoms with Crippen molar-refractivity contribution >= 4 is 32.5 Å². The van der Waals surface area contributed by atoms with Gasteiger partial charge in [-0.3, -0.25) is 0 Å². The second-order valence-electron chi connectivity index (χ2n) is 7.83. The summed E-state index contributed by atoms with van der Waals surface area (Å²) >= 11 is 3.58. The lowest BCUT2D eigenvalue weighted by Crippen LogP contribution is -2.38. The Labute approximate surface area is 172 Å². The van der Waals surface area contributed by atoms with Crippen molar-refractivity contribution in [1.29, 1.82) is 0 Å². The van der Waals surface area contributed by atoms with E-state index in [4.69, 9.17) is 0 Å². The number of nitrogens with one attached hydrogen (secondary N) is 2. The van der Waals surface area contributed by atoms with Crippen LogP contribution in [0.15, 0.2) is 40.9 Å². The third kappa shape index (κ3) is 3.47. The minimum atomic E-state index is 0.278. The molecule has 1 aliphatic carbocycles. The molecule has 2 heterocycles. The maximum absolute atomic E-state index is 10.7. The topological polar surface area (TPSA) is 70.1 Å². The molecule has 0 amide bonds. The van der Waals surface area contributed by atoms with Gasteiger partial charge in [0.1, 0.15) is 11.4 Å². The quantitative estimate of drug-likeness (QED) is 0.545. The number of rotatable bonds is 4. The van der Waals surface area contributed by atoms with Crippen LogP contribution in [0, 0.1) is 0 Å². The van der Waals surface area contributed by atoms with Crippen molar-refractivity contribution in [1.82, 2.24) is 15.5 Å². The lowest BCUT2D eigenvalue weighted by molar-refractivity contribution is 0.476. The minimum absolute atomic E-state index is 0.278.